The third-order valence-corrected chi connectivity index (χ3v) is 3.88. The van der Waals surface area contributed by atoms with Crippen molar-refractivity contribution < 1.29 is 10.2 Å². The number of nitrogens with zero attached hydrogens (tertiary/aromatic N) is 1. The van der Waals surface area contributed by atoms with E-state index in [1.165, 1.54) is 0 Å². The summed E-state index contributed by atoms with van der Waals surface area (Å²) in [5.74, 6) is 0.600. The molecule has 0 fully saturated rings. The summed E-state index contributed by atoms with van der Waals surface area (Å²) < 4.78 is 0. The van der Waals surface area contributed by atoms with Gasteiger partial charge in [-0.15, -0.1) is 0 Å². The van der Waals surface area contributed by atoms with Gasteiger partial charge in [0.25, 0.3) is 0 Å². The minimum Gasteiger partial charge on any atom is -0.508 e. The molecular formula is C18H23NO2. The molecule has 2 rings (SSSR count). The van der Waals surface area contributed by atoms with Crippen molar-refractivity contribution >= 4 is 0 Å². The van der Waals surface area contributed by atoms with Crippen molar-refractivity contribution in [2.24, 2.45) is 0 Å². The zero-order chi connectivity index (χ0) is 15.6. The molecule has 2 aromatic carbocycles. The molecule has 0 amide bonds. The van der Waals surface area contributed by atoms with Crippen molar-refractivity contribution in [2.75, 3.05) is 14.1 Å². The van der Waals surface area contributed by atoms with Crippen LogP contribution >= 0.6 is 0 Å². The monoisotopic (exact) mass is 285 g/mol. The van der Waals surface area contributed by atoms with Crippen molar-refractivity contribution in [3.05, 3.63) is 59.2 Å². The van der Waals surface area contributed by atoms with Gasteiger partial charge in [-0.3, -0.25) is 0 Å². The third kappa shape index (κ3) is 3.37. The van der Waals surface area contributed by atoms with E-state index < -0.39 is 0 Å². The lowest BCUT2D eigenvalue weighted by Crippen LogP contribution is -2.19. The van der Waals surface area contributed by atoms with Crippen LogP contribution in [0.25, 0.3) is 0 Å². The molecule has 0 saturated carbocycles. The Morgan fingerprint density at radius 1 is 0.905 bits per heavy atom. The maximum Gasteiger partial charge on any atom is 0.120 e. The van der Waals surface area contributed by atoms with Crippen LogP contribution in [0.3, 0.4) is 0 Å². The van der Waals surface area contributed by atoms with Crippen LogP contribution < -0.4 is 0 Å². The first kappa shape index (κ1) is 15.4. The first-order valence-corrected chi connectivity index (χ1v) is 7.07. The number of phenolic OH excluding ortho intramolecular Hbond substituents is 2. The summed E-state index contributed by atoms with van der Waals surface area (Å²) >= 11 is 0. The molecule has 3 nitrogen and oxygen atoms in total. The summed E-state index contributed by atoms with van der Waals surface area (Å²) in [5, 5.41) is 19.4. The SMILES string of the molecule is CN(C)Cc1cc(C(C)(C)c2ccc(O)cc2)ccc1O. The molecule has 2 N–H and O–H groups in total. The van der Waals surface area contributed by atoms with Crippen LogP contribution in [-0.4, -0.2) is 29.2 Å². The molecule has 0 heterocycles. The molecule has 0 unspecified atom stereocenters. The molecule has 3 heteroatoms. The Balaban J connectivity index is 2.42. The van der Waals surface area contributed by atoms with Crippen LogP contribution in [0.5, 0.6) is 11.5 Å². The van der Waals surface area contributed by atoms with E-state index in [0.717, 1.165) is 16.7 Å². The average Bonchev–Trinajstić information content (AvgIpc) is 2.41. The van der Waals surface area contributed by atoms with Gasteiger partial charge in [-0.2, -0.15) is 0 Å². The highest BCUT2D eigenvalue weighted by atomic mass is 16.3. The number of phenols is 2. The van der Waals surface area contributed by atoms with E-state index in [9.17, 15) is 10.2 Å². The lowest BCUT2D eigenvalue weighted by atomic mass is 9.77. The molecular weight excluding hydrogens is 262 g/mol. The van der Waals surface area contributed by atoms with Crippen LogP contribution in [0.15, 0.2) is 42.5 Å². The van der Waals surface area contributed by atoms with Gasteiger partial charge in [0.15, 0.2) is 0 Å². The molecule has 0 aromatic heterocycles. The normalized spacial score (nSPS) is 11.9. The molecule has 21 heavy (non-hydrogen) atoms. The van der Waals surface area contributed by atoms with E-state index in [4.69, 9.17) is 0 Å². The predicted molar refractivity (Wildman–Crippen MR) is 85.7 cm³/mol. The molecule has 0 radical (unpaired) electrons. The van der Waals surface area contributed by atoms with Crippen molar-refractivity contribution in [2.45, 2.75) is 25.8 Å². The second-order valence-electron chi connectivity index (χ2n) is 6.25. The summed E-state index contributed by atoms with van der Waals surface area (Å²) in [7, 11) is 3.97. The number of benzene rings is 2. The largest absolute Gasteiger partial charge is 0.508 e. The first-order valence-electron chi connectivity index (χ1n) is 7.07. The predicted octanol–water partition coefficient (Wildman–Crippen LogP) is 3.49. The van der Waals surface area contributed by atoms with Gasteiger partial charge >= 0.3 is 0 Å². The second-order valence-corrected chi connectivity index (χ2v) is 6.25. The van der Waals surface area contributed by atoms with E-state index in [1.807, 2.05) is 37.2 Å². The molecule has 0 atom stereocenters. The third-order valence-electron chi connectivity index (χ3n) is 3.88. The van der Waals surface area contributed by atoms with Gasteiger partial charge < -0.3 is 15.1 Å². The maximum absolute atomic E-state index is 10.00. The van der Waals surface area contributed by atoms with Crippen molar-refractivity contribution in [3.63, 3.8) is 0 Å². The van der Waals surface area contributed by atoms with Gasteiger partial charge in [0.05, 0.1) is 0 Å². The van der Waals surface area contributed by atoms with Crippen LogP contribution in [-0.2, 0) is 12.0 Å². The van der Waals surface area contributed by atoms with E-state index in [2.05, 4.69) is 19.9 Å². The highest BCUT2D eigenvalue weighted by molar-refractivity contribution is 5.44. The fraction of sp³-hybridized carbons (Fsp3) is 0.333. The Labute approximate surface area is 126 Å². The Bertz CT molecular complexity index is 616. The fourth-order valence-electron chi connectivity index (χ4n) is 2.49. The van der Waals surface area contributed by atoms with Gasteiger partial charge in [0, 0.05) is 17.5 Å². The molecule has 112 valence electrons. The minimum absolute atomic E-state index is 0.192. The van der Waals surface area contributed by atoms with Crippen molar-refractivity contribution in [3.8, 4) is 11.5 Å². The first-order chi connectivity index (χ1) is 9.80. The van der Waals surface area contributed by atoms with Gasteiger partial charge in [0.1, 0.15) is 11.5 Å². The lowest BCUT2D eigenvalue weighted by molar-refractivity contribution is 0.385. The minimum atomic E-state index is -0.192. The van der Waals surface area contributed by atoms with Crippen molar-refractivity contribution in [1.29, 1.82) is 0 Å². The highest BCUT2D eigenvalue weighted by Gasteiger charge is 2.24. The fourth-order valence-corrected chi connectivity index (χ4v) is 2.49. The number of aromatic hydroxyl groups is 2. The van der Waals surface area contributed by atoms with E-state index in [1.54, 1.807) is 18.2 Å². The molecule has 0 spiro atoms. The smallest absolute Gasteiger partial charge is 0.120 e. The number of rotatable bonds is 4. The Kier molecular flexibility index (Phi) is 4.24. The topological polar surface area (TPSA) is 43.7 Å². The molecule has 0 saturated heterocycles. The number of hydrogen-bond acceptors (Lipinski definition) is 3. The summed E-state index contributed by atoms with van der Waals surface area (Å²) in [5.41, 5.74) is 3.00. The van der Waals surface area contributed by atoms with Crippen LogP contribution in [0, 0.1) is 0 Å². The summed E-state index contributed by atoms with van der Waals surface area (Å²) in [6.07, 6.45) is 0. The van der Waals surface area contributed by atoms with Gasteiger partial charge in [0.2, 0.25) is 0 Å². The second kappa shape index (κ2) is 5.78. The van der Waals surface area contributed by atoms with Crippen LogP contribution in [0.2, 0.25) is 0 Å². The Hall–Kier alpha value is -2.00. The highest BCUT2D eigenvalue weighted by Crippen LogP contribution is 2.34. The summed E-state index contributed by atoms with van der Waals surface area (Å²) in [4.78, 5) is 2.03. The Morgan fingerprint density at radius 3 is 2.05 bits per heavy atom. The molecule has 0 bridgehead atoms. The zero-order valence-electron chi connectivity index (χ0n) is 13.1. The molecule has 2 aromatic rings. The summed E-state index contributed by atoms with van der Waals surface area (Å²) in [6.45, 7) is 4.99. The average molecular weight is 285 g/mol. The quantitative estimate of drug-likeness (QED) is 0.904. The van der Waals surface area contributed by atoms with Crippen molar-refractivity contribution in [1.82, 2.24) is 4.90 Å². The lowest BCUT2D eigenvalue weighted by Gasteiger charge is -2.27. The van der Waals surface area contributed by atoms with E-state index >= 15 is 0 Å². The molecule has 0 aliphatic rings. The van der Waals surface area contributed by atoms with Crippen LogP contribution in [0.4, 0.5) is 0 Å². The standard InChI is InChI=1S/C18H23NO2/c1-18(2,14-5-8-16(20)9-6-14)15-7-10-17(21)13(11-15)12-19(3)4/h5-11,20-21H,12H2,1-4H3. The van der Waals surface area contributed by atoms with Gasteiger partial charge in [-0.05, 0) is 49.5 Å². The van der Waals surface area contributed by atoms with E-state index in [-0.39, 0.29) is 11.2 Å². The van der Waals surface area contributed by atoms with Crippen LogP contribution in [0.1, 0.15) is 30.5 Å². The number of hydrogen-bond donors (Lipinski definition) is 2. The molecule has 0 aliphatic carbocycles. The van der Waals surface area contributed by atoms with Gasteiger partial charge in [-0.1, -0.05) is 32.0 Å². The van der Waals surface area contributed by atoms with E-state index in [0.29, 0.717) is 12.3 Å². The Morgan fingerprint density at radius 2 is 1.48 bits per heavy atom. The summed E-state index contributed by atoms with van der Waals surface area (Å²) in [6, 6.07) is 13.1. The zero-order valence-corrected chi connectivity index (χ0v) is 13.1. The van der Waals surface area contributed by atoms with Gasteiger partial charge in [-0.25, -0.2) is 0 Å². The maximum atomic E-state index is 10.00. The molecule has 0 aliphatic heterocycles.